The SMILES string of the molecule is CCOC(=O)C1=NN(C2CCCCC2)C(=O)\C1=C/C=C/C=C/c1c(C(=O)OCC)[nH]n(C2CCCCC2)c1=O. The van der Waals surface area contributed by atoms with Crippen LogP contribution in [0.4, 0.5) is 0 Å². The lowest BCUT2D eigenvalue weighted by molar-refractivity contribution is -0.135. The largest absolute Gasteiger partial charge is 0.461 e. The molecule has 0 spiro atoms. The quantitative estimate of drug-likeness (QED) is 0.282. The first-order chi connectivity index (χ1) is 19.0. The number of rotatable bonds is 9. The Morgan fingerprint density at radius 3 is 2.13 bits per heavy atom. The lowest BCUT2D eigenvalue weighted by atomic mass is 9.95. The molecular formula is C29H38N4O6. The first kappa shape index (κ1) is 28.3. The van der Waals surface area contributed by atoms with Gasteiger partial charge in [-0.1, -0.05) is 56.8 Å². The maximum atomic E-state index is 13.2. The Morgan fingerprint density at radius 1 is 0.872 bits per heavy atom. The molecule has 39 heavy (non-hydrogen) atoms. The molecule has 1 aromatic heterocycles. The second kappa shape index (κ2) is 13.4. The summed E-state index contributed by atoms with van der Waals surface area (Å²) in [6.07, 6.45) is 17.9. The van der Waals surface area contributed by atoms with Crippen molar-refractivity contribution in [2.75, 3.05) is 13.2 Å². The molecule has 1 amide bonds. The molecule has 0 bridgehead atoms. The minimum absolute atomic E-state index is 0.00616. The zero-order chi connectivity index (χ0) is 27.8. The summed E-state index contributed by atoms with van der Waals surface area (Å²) >= 11 is 0. The number of esters is 2. The number of hydrazone groups is 1. The molecule has 2 aliphatic carbocycles. The van der Waals surface area contributed by atoms with Gasteiger partial charge in [0.15, 0.2) is 11.4 Å². The van der Waals surface area contributed by atoms with Gasteiger partial charge in [0.05, 0.1) is 36.4 Å². The topological polar surface area (TPSA) is 123 Å². The van der Waals surface area contributed by atoms with E-state index in [1.54, 1.807) is 42.8 Å². The summed E-state index contributed by atoms with van der Waals surface area (Å²) in [5.74, 6) is -1.53. The van der Waals surface area contributed by atoms with Crippen LogP contribution in [-0.2, 0) is 19.1 Å². The molecule has 3 aliphatic rings. The lowest BCUT2D eigenvalue weighted by Crippen LogP contribution is -2.35. The third-order valence-corrected chi connectivity index (χ3v) is 7.41. The Hall–Kier alpha value is -3.69. The zero-order valence-electron chi connectivity index (χ0n) is 22.8. The van der Waals surface area contributed by atoms with E-state index in [0.717, 1.165) is 64.2 Å². The number of H-pyrrole nitrogens is 1. The average Bonchev–Trinajstić information content (AvgIpc) is 3.46. The molecule has 210 valence electrons. The van der Waals surface area contributed by atoms with Crippen molar-refractivity contribution in [3.05, 3.63) is 51.5 Å². The molecule has 0 atom stereocenters. The first-order valence-corrected chi connectivity index (χ1v) is 14.1. The van der Waals surface area contributed by atoms with Crippen molar-refractivity contribution in [3.63, 3.8) is 0 Å². The third-order valence-electron chi connectivity index (χ3n) is 7.41. The van der Waals surface area contributed by atoms with Crippen molar-refractivity contribution in [2.45, 2.75) is 90.1 Å². The Bertz CT molecular complexity index is 1240. The highest BCUT2D eigenvalue weighted by Gasteiger charge is 2.38. The van der Waals surface area contributed by atoms with E-state index >= 15 is 0 Å². The zero-order valence-corrected chi connectivity index (χ0v) is 22.8. The third kappa shape index (κ3) is 6.49. The first-order valence-electron chi connectivity index (χ1n) is 14.1. The maximum Gasteiger partial charge on any atom is 0.359 e. The Morgan fingerprint density at radius 2 is 1.49 bits per heavy atom. The predicted octanol–water partition coefficient (Wildman–Crippen LogP) is 4.45. The second-order valence-electron chi connectivity index (χ2n) is 10.0. The van der Waals surface area contributed by atoms with E-state index in [1.165, 1.54) is 11.1 Å². The van der Waals surface area contributed by atoms with E-state index in [4.69, 9.17) is 9.47 Å². The molecule has 2 saturated carbocycles. The standard InChI is InChI=1S/C29H38N4O6/c1-3-38-28(36)24-22(26(34)32(30-24)20-14-8-5-9-15-20)18-12-7-13-19-23-25(29(37)39-4-2)31-33(27(23)35)21-16-10-6-11-17-21/h7,12-13,18-21,30H,3-6,8-11,14-17H2,1-2H3/b13-7+,18-12+,23-19-. The number of aromatic amines is 1. The minimum Gasteiger partial charge on any atom is -0.461 e. The van der Waals surface area contributed by atoms with E-state index < -0.39 is 11.9 Å². The fourth-order valence-electron chi connectivity index (χ4n) is 5.45. The van der Waals surface area contributed by atoms with Crippen molar-refractivity contribution < 1.29 is 23.9 Å². The number of aromatic nitrogens is 2. The average molecular weight is 539 g/mol. The van der Waals surface area contributed by atoms with E-state index in [1.807, 2.05) is 0 Å². The summed E-state index contributed by atoms with van der Waals surface area (Å²) in [7, 11) is 0. The van der Waals surface area contributed by atoms with Crippen LogP contribution in [0.5, 0.6) is 0 Å². The number of carbonyl (C=O) groups excluding carboxylic acids is 3. The highest BCUT2D eigenvalue weighted by molar-refractivity contribution is 6.51. The van der Waals surface area contributed by atoms with Crippen LogP contribution in [0.1, 0.15) is 100 Å². The number of nitrogens with zero attached hydrogens (tertiary/aromatic N) is 3. The molecule has 4 rings (SSSR count). The molecule has 1 aromatic rings. The molecule has 0 unspecified atom stereocenters. The number of carbonyl (C=O) groups is 3. The molecule has 10 heteroatoms. The number of allylic oxidation sites excluding steroid dienone is 4. The van der Waals surface area contributed by atoms with Gasteiger partial charge in [-0.3, -0.25) is 14.7 Å². The van der Waals surface area contributed by atoms with Gasteiger partial charge in [-0.05, 0) is 51.7 Å². The van der Waals surface area contributed by atoms with Crippen molar-refractivity contribution >= 4 is 29.6 Å². The van der Waals surface area contributed by atoms with Gasteiger partial charge < -0.3 is 9.47 Å². The maximum absolute atomic E-state index is 13.2. The van der Waals surface area contributed by atoms with Crippen LogP contribution in [0.15, 0.2) is 39.8 Å². The molecule has 1 N–H and O–H groups in total. The van der Waals surface area contributed by atoms with Crippen LogP contribution in [0.25, 0.3) is 6.08 Å². The molecule has 0 saturated heterocycles. The number of hydrogen-bond donors (Lipinski definition) is 1. The number of nitrogens with one attached hydrogen (secondary N) is 1. The number of amides is 1. The van der Waals surface area contributed by atoms with Crippen molar-refractivity contribution in [1.29, 1.82) is 0 Å². The van der Waals surface area contributed by atoms with Crippen molar-refractivity contribution in [2.24, 2.45) is 5.10 Å². The van der Waals surface area contributed by atoms with Gasteiger partial charge in [0.1, 0.15) is 0 Å². The summed E-state index contributed by atoms with van der Waals surface area (Å²) < 4.78 is 11.8. The van der Waals surface area contributed by atoms with Crippen LogP contribution in [0.3, 0.4) is 0 Å². The van der Waals surface area contributed by atoms with E-state index in [9.17, 15) is 19.2 Å². The Balaban J connectivity index is 1.56. The predicted molar refractivity (Wildman–Crippen MR) is 147 cm³/mol. The summed E-state index contributed by atoms with van der Waals surface area (Å²) in [4.78, 5) is 51.5. The molecular weight excluding hydrogens is 500 g/mol. The summed E-state index contributed by atoms with van der Waals surface area (Å²) in [6, 6.07) is 0.00889. The van der Waals surface area contributed by atoms with Crippen molar-refractivity contribution in [1.82, 2.24) is 14.8 Å². The highest BCUT2D eigenvalue weighted by Crippen LogP contribution is 2.29. The number of ether oxygens (including phenoxy) is 2. The normalized spacial score (nSPS) is 20.4. The molecule has 2 heterocycles. The monoisotopic (exact) mass is 538 g/mol. The minimum atomic E-state index is -0.631. The molecule has 1 aliphatic heterocycles. The van der Waals surface area contributed by atoms with Crippen LogP contribution in [0, 0.1) is 0 Å². The van der Waals surface area contributed by atoms with Gasteiger partial charge in [-0.25, -0.2) is 19.3 Å². The van der Waals surface area contributed by atoms with Gasteiger partial charge in [-0.15, -0.1) is 0 Å². The van der Waals surface area contributed by atoms with E-state index in [2.05, 4.69) is 10.2 Å². The van der Waals surface area contributed by atoms with Gasteiger partial charge in [0, 0.05) is 0 Å². The van der Waals surface area contributed by atoms with Gasteiger partial charge in [0.25, 0.3) is 11.5 Å². The molecule has 0 radical (unpaired) electrons. The molecule has 0 aromatic carbocycles. The van der Waals surface area contributed by atoms with Crippen LogP contribution in [0.2, 0.25) is 0 Å². The highest BCUT2D eigenvalue weighted by atomic mass is 16.5. The van der Waals surface area contributed by atoms with Gasteiger partial charge in [-0.2, -0.15) is 5.10 Å². The van der Waals surface area contributed by atoms with Crippen molar-refractivity contribution in [3.8, 4) is 0 Å². The fraction of sp³-hybridized carbons (Fsp3) is 0.552. The van der Waals surface area contributed by atoms with Gasteiger partial charge >= 0.3 is 11.9 Å². The van der Waals surface area contributed by atoms with E-state index in [0.29, 0.717) is 0 Å². The summed E-state index contributed by atoms with van der Waals surface area (Å²) in [5, 5.41) is 8.77. The van der Waals surface area contributed by atoms with Crippen LogP contribution >= 0.6 is 0 Å². The fourth-order valence-corrected chi connectivity index (χ4v) is 5.45. The lowest BCUT2D eigenvalue weighted by Gasteiger charge is -2.27. The van der Waals surface area contributed by atoms with Gasteiger partial charge in [0.2, 0.25) is 0 Å². The second-order valence-corrected chi connectivity index (χ2v) is 10.0. The number of hydrogen-bond acceptors (Lipinski definition) is 7. The van der Waals surface area contributed by atoms with Crippen LogP contribution < -0.4 is 5.56 Å². The van der Waals surface area contributed by atoms with E-state index in [-0.39, 0.29) is 59.3 Å². The Labute approximate surface area is 228 Å². The molecule has 10 nitrogen and oxygen atoms in total. The summed E-state index contributed by atoms with van der Waals surface area (Å²) in [5.41, 5.74) is 0.273. The Kier molecular flexibility index (Phi) is 9.73. The van der Waals surface area contributed by atoms with Crippen LogP contribution in [-0.4, -0.2) is 57.6 Å². The summed E-state index contributed by atoms with van der Waals surface area (Å²) in [6.45, 7) is 3.80. The molecule has 2 fully saturated rings. The smallest absolute Gasteiger partial charge is 0.359 e.